The molecule has 0 radical (unpaired) electrons. The number of nitrogens with zero attached hydrogens (tertiary/aromatic N) is 3. The van der Waals surface area contributed by atoms with Gasteiger partial charge >= 0.3 is 5.97 Å². The second-order valence-electron chi connectivity index (χ2n) is 6.90. The minimum atomic E-state index is -0.500. The number of ether oxygens (including phenoxy) is 2. The number of aromatic nitrogens is 3. The second kappa shape index (κ2) is 10.1. The van der Waals surface area contributed by atoms with Gasteiger partial charge in [-0.15, -0.1) is 21.5 Å². The van der Waals surface area contributed by atoms with Crippen molar-refractivity contribution in [2.24, 2.45) is 0 Å². The van der Waals surface area contributed by atoms with E-state index in [4.69, 9.17) is 9.47 Å². The van der Waals surface area contributed by atoms with Crippen LogP contribution in [0.1, 0.15) is 23.2 Å². The van der Waals surface area contributed by atoms with Crippen LogP contribution in [-0.2, 0) is 20.8 Å². The van der Waals surface area contributed by atoms with Gasteiger partial charge in [0.15, 0.2) is 11.0 Å². The lowest BCUT2D eigenvalue weighted by atomic mass is 10.2. The molecule has 1 N–H and O–H groups in total. The molecular formula is C21H22N4O4S2. The van der Waals surface area contributed by atoms with Gasteiger partial charge in [-0.05, 0) is 36.4 Å². The van der Waals surface area contributed by atoms with Crippen LogP contribution in [0.5, 0.6) is 0 Å². The Morgan fingerprint density at radius 3 is 2.90 bits per heavy atom. The molecule has 10 heteroatoms. The molecule has 8 nitrogen and oxygen atoms in total. The first-order valence-corrected chi connectivity index (χ1v) is 11.7. The monoisotopic (exact) mass is 458 g/mol. The van der Waals surface area contributed by atoms with Gasteiger partial charge in [0.25, 0.3) is 0 Å². The van der Waals surface area contributed by atoms with E-state index in [1.54, 1.807) is 35.6 Å². The van der Waals surface area contributed by atoms with Crippen LogP contribution in [0.4, 0.5) is 5.69 Å². The molecule has 0 aliphatic carbocycles. The summed E-state index contributed by atoms with van der Waals surface area (Å²) >= 11 is 2.90. The van der Waals surface area contributed by atoms with Crippen LogP contribution < -0.4 is 5.32 Å². The van der Waals surface area contributed by atoms with Gasteiger partial charge in [0.05, 0.1) is 41.6 Å². The predicted octanol–water partition coefficient (Wildman–Crippen LogP) is 3.70. The summed E-state index contributed by atoms with van der Waals surface area (Å²) in [6.45, 7) is 1.42. The lowest BCUT2D eigenvalue weighted by Gasteiger charge is -2.14. The van der Waals surface area contributed by atoms with Gasteiger partial charge in [0, 0.05) is 6.61 Å². The molecule has 0 unspecified atom stereocenters. The van der Waals surface area contributed by atoms with Crippen molar-refractivity contribution in [1.82, 2.24) is 14.8 Å². The highest BCUT2D eigenvalue weighted by Gasteiger charge is 2.23. The van der Waals surface area contributed by atoms with Crippen molar-refractivity contribution >= 4 is 40.7 Å². The summed E-state index contributed by atoms with van der Waals surface area (Å²) in [5.41, 5.74) is 0.727. The highest BCUT2D eigenvalue weighted by molar-refractivity contribution is 7.99. The molecule has 1 aliphatic rings. The molecule has 3 heterocycles. The Balaban J connectivity index is 1.47. The van der Waals surface area contributed by atoms with Crippen LogP contribution in [0, 0.1) is 0 Å². The first-order valence-electron chi connectivity index (χ1n) is 9.84. The Hall–Kier alpha value is -2.69. The fourth-order valence-electron chi connectivity index (χ4n) is 3.34. The number of hydrogen-bond acceptors (Lipinski definition) is 8. The molecule has 1 atom stereocenters. The molecule has 31 heavy (non-hydrogen) atoms. The maximum Gasteiger partial charge on any atom is 0.339 e. The van der Waals surface area contributed by atoms with Crippen molar-refractivity contribution in [2.75, 3.05) is 24.8 Å². The first kappa shape index (κ1) is 21.5. The van der Waals surface area contributed by atoms with E-state index in [9.17, 15) is 9.59 Å². The van der Waals surface area contributed by atoms with Gasteiger partial charge in [-0.1, -0.05) is 30.0 Å². The number of carbonyl (C=O) groups excluding carboxylic acids is 2. The molecule has 1 fully saturated rings. The van der Waals surface area contributed by atoms with Crippen molar-refractivity contribution < 1.29 is 19.1 Å². The first-order chi connectivity index (χ1) is 15.2. The van der Waals surface area contributed by atoms with E-state index < -0.39 is 5.97 Å². The number of esters is 1. The zero-order chi connectivity index (χ0) is 21.6. The number of benzene rings is 1. The largest absolute Gasteiger partial charge is 0.465 e. The van der Waals surface area contributed by atoms with Gasteiger partial charge in [-0.25, -0.2) is 4.79 Å². The van der Waals surface area contributed by atoms with Gasteiger partial charge in [0.1, 0.15) is 0 Å². The molecule has 162 valence electrons. The molecule has 0 saturated carbocycles. The van der Waals surface area contributed by atoms with E-state index in [1.165, 1.54) is 18.9 Å². The maximum absolute atomic E-state index is 12.6. The molecule has 2 aromatic heterocycles. The number of carbonyl (C=O) groups is 2. The van der Waals surface area contributed by atoms with Crippen LogP contribution in [0.3, 0.4) is 0 Å². The Morgan fingerprint density at radius 1 is 1.29 bits per heavy atom. The second-order valence-corrected chi connectivity index (χ2v) is 8.79. The normalized spacial score (nSPS) is 15.7. The summed E-state index contributed by atoms with van der Waals surface area (Å²) in [5.74, 6) is 0.166. The van der Waals surface area contributed by atoms with Gasteiger partial charge < -0.3 is 14.8 Å². The average molecular weight is 459 g/mol. The molecule has 4 rings (SSSR count). The third-order valence-corrected chi connectivity index (χ3v) is 6.64. The van der Waals surface area contributed by atoms with Crippen LogP contribution in [-0.4, -0.2) is 52.2 Å². The van der Waals surface area contributed by atoms with Crippen molar-refractivity contribution in [3.05, 3.63) is 47.3 Å². The summed E-state index contributed by atoms with van der Waals surface area (Å²) in [6.07, 6.45) is 2.16. The van der Waals surface area contributed by atoms with Crippen LogP contribution in [0.15, 0.2) is 46.9 Å². The third-order valence-electron chi connectivity index (χ3n) is 4.81. The smallest absolute Gasteiger partial charge is 0.339 e. The number of rotatable bonds is 8. The number of nitrogens with one attached hydrogen (secondary N) is 1. The van der Waals surface area contributed by atoms with Gasteiger partial charge in [0.2, 0.25) is 5.91 Å². The number of thioether (sulfide) groups is 1. The minimum absolute atomic E-state index is 0.120. The number of amides is 1. The molecular weight excluding hydrogens is 436 g/mol. The zero-order valence-electron chi connectivity index (χ0n) is 16.9. The number of thiophene rings is 1. The van der Waals surface area contributed by atoms with Crippen molar-refractivity contribution in [2.45, 2.75) is 30.6 Å². The Morgan fingerprint density at radius 2 is 2.16 bits per heavy atom. The zero-order valence-corrected chi connectivity index (χ0v) is 18.6. The predicted molar refractivity (Wildman–Crippen MR) is 119 cm³/mol. The van der Waals surface area contributed by atoms with E-state index in [2.05, 4.69) is 15.5 Å². The standard InChI is InChI=1S/C21H22N4O4S2/c1-28-20(27)15-7-2-3-8-16(15)22-18(26)13-31-21-24-23-19(17-9-5-11-30-17)25(21)12-14-6-4-10-29-14/h2-3,5,7-9,11,14H,4,6,10,12-13H2,1H3,(H,22,26)/t14-/m1/s1. The minimum Gasteiger partial charge on any atom is -0.465 e. The number of para-hydroxylation sites is 1. The molecule has 0 spiro atoms. The Bertz CT molecular complexity index is 1050. The molecule has 1 saturated heterocycles. The molecule has 1 aliphatic heterocycles. The molecule has 0 bridgehead atoms. The quantitative estimate of drug-likeness (QED) is 0.406. The molecule has 3 aromatic rings. The molecule has 1 amide bonds. The fourth-order valence-corrected chi connectivity index (χ4v) is 4.80. The van der Waals surface area contributed by atoms with Gasteiger partial charge in [-0.3, -0.25) is 9.36 Å². The SMILES string of the molecule is COC(=O)c1ccccc1NC(=O)CSc1nnc(-c2cccs2)n1C[C@H]1CCCO1. The van der Waals surface area contributed by atoms with Crippen molar-refractivity contribution in [1.29, 1.82) is 0 Å². The Labute approximate surface area is 188 Å². The van der Waals surface area contributed by atoms with E-state index in [0.29, 0.717) is 23.0 Å². The van der Waals surface area contributed by atoms with E-state index in [0.717, 1.165) is 30.2 Å². The van der Waals surface area contributed by atoms with Gasteiger partial charge in [-0.2, -0.15) is 0 Å². The van der Waals surface area contributed by atoms with Crippen molar-refractivity contribution in [3.63, 3.8) is 0 Å². The summed E-state index contributed by atoms with van der Waals surface area (Å²) in [4.78, 5) is 25.5. The maximum atomic E-state index is 12.6. The third kappa shape index (κ3) is 5.15. The topological polar surface area (TPSA) is 95.3 Å². The van der Waals surface area contributed by atoms with Crippen molar-refractivity contribution in [3.8, 4) is 10.7 Å². The van der Waals surface area contributed by atoms with Crippen LogP contribution >= 0.6 is 23.1 Å². The number of hydrogen-bond donors (Lipinski definition) is 1. The lowest BCUT2D eigenvalue weighted by molar-refractivity contribution is -0.113. The summed E-state index contributed by atoms with van der Waals surface area (Å²) in [5, 5.41) is 14.1. The highest BCUT2D eigenvalue weighted by Crippen LogP contribution is 2.29. The number of anilines is 1. The van der Waals surface area contributed by atoms with Crippen LogP contribution in [0.2, 0.25) is 0 Å². The van der Waals surface area contributed by atoms with Crippen LogP contribution in [0.25, 0.3) is 10.7 Å². The molecule has 1 aromatic carbocycles. The summed E-state index contributed by atoms with van der Waals surface area (Å²) in [7, 11) is 1.31. The van der Waals surface area contributed by atoms with E-state index >= 15 is 0 Å². The summed E-state index contributed by atoms with van der Waals surface area (Å²) < 4.78 is 12.6. The van der Waals surface area contributed by atoms with E-state index in [1.807, 2.05) is 22.1 Å². The number of methoxy groups -OCH3 is 1. The highest BCUT2D eigenvalue weighted by atomic mass is 32.2. The lowest BCUT2D eigenvalue weighted by Crippen LogP contribution is -2.19. The fraction of sp³-hybridized carbons (Fsp3) is 0.333. The summed E-state index contributed by atoms with van der Waals surface area (Å²) in [6, 6.07) is 10.7. The Kier molecular flexibility index (Phi) is 7.00. The van der Waals surface area contributed by atoms with E-state index in [-0.39, 0.29) is 17.8 Å². The average Bonchev–Trinajstić information content (AvgIpc) is 3.55.